The highest BCUT2D eigenvalue weighted by atomic mass is 16.1. The van der Waals surface area contributed by atoms with E-state index in [1.165, 1.54) is 0 Å². The predicted octanol–water partition coefficient (Wildman–Crippen LogP) is 1.26. The third kappa shape index (κ3) is 2.31. The summed E-state index contributed by atoms with van der Waals surface area (Å²) in [5, 5.41) is 0. The first-order chi connectivity index (χ1) is 4.54. The summed E-state index contributed by atoms with van der Waals surface area (Å²) < 4.78 is 0. The Balaban J connectivity index is 4.03. The smallest absolute Gasteiger partial charge is 0.156 e. The van der Waals surface area contributed by atoms with Crippen LogP contribution in [-0.4, -0.2) is 11.3 Å². The van der Waals surface area contributed by atoms with Crippen molar-refractivity contribution in [2.45, 2.75) is 32.2 Å². The molecule has 0 aromatic heterocycles. The van der Waals surface area contributed by atoms with Crippen LogP contribution in [0.4, 0.5) is 0 Å². The van der Waals surface area contributed by atoms with Gasteiger partial charge in [-0.25, -0.2) is 0 Å². The Labute approximate surface area is 62.1 Å². The first-order valence-corrected chi connectivity index (χ1v) is 3.47. The van der Waals surface area contributed by atoms with Gasteiger partial charge in [0.2, 0.25) is 0 Å². The molecule has 1 unspecified atom stereocenters. The zero-order valence-corrected chi connectivity index (χ0v) is 6.68. The van der Waals surface area contributed by atoms with Gasteiger partial charge in [0.25, 0.3) is 0 Å². The van der Waals surface area contributed by atoms with Crippen molar-refractivity contribution < 1.29 is 4.79 Å². The molecule has 0 heterocycles. The Kier molecular flexibility index (Phi) is 3.30. The first kappa shape index (κ1) is 9.37. The summed E-state index contributed by atoms with van der Waals surface area (Å²) in [6.07, 6.45) is 2.64. The summed E-state index contributed by atoms with van der Waals surface area (Å²) in [6, 6.07) is 0. The highest BCUT2D eigenvalue weighted by Crippen LogP contribution is 2.08. The van der Waals surface area contributed by atoms with Crippen LogP contribution in [0.2, 0.25) is 0 Å². The van der Waals surface area contributed by atoms with E-state index in [-0.39, 0.29) is 5.78 Å². The number of hydrogen-bond donors (Lipinski definition) is 1. The average Bonchev–Trinajstić information content (AvgIpc) is 1.89. The standard InChI is InChI=1S/C8H15NO/c1-4-6-7(10)8(3,9)5-2/h4H,1,5-6,9H2,2-3H3. The van der Waals surface area contributed by atoms with Crippen LogP contribution in [-0.2, 0) is 4.79 Å². The summed E-state index contributed by atoms with van der Waals surface area (Å²) in [4.78, 5) is 11.1. The lowest BCUT2D eigenvalue weighted by Crippen LogP contribution is -2.43. The fourth-order valence-corrected chi connectivity index (χ4v) is 0.561. The minimum atomic E-state index is -0.659. The minimum Gasteiger partial charge on any atom is -0.319 e. The molecule has 2 N–H and O–H groups in total. The third-order valence-electron chi connectivity index (χ3n) is 1.70. The predicted molar refractivity (Wildman–Crippen MR) is 42.7 cm³/mol. The van der Waals surface area contributed by atoms with Crippen molar-refractivity contribution in [2.24, 2.45) is 5.73 Å². The molecule has 0 amide bonds. The quantitative estimate of drug-likeness (QED) is 0.599. The van der Waals surface area contributed by atoms with Gasteiger partial charge >= 0.3 is 0 Å². The van der Waals surface area contributed by atoms with Crippen molar-refractivity contribution in [1.29, 1.82) is 0 Å². The molecule has 0 aromatic rings. The van der Waals surface area contributed by atoms with E-state index in [0.717, 1.165) is 0 Å². The highest BCUT2D eigenvalue weighted by Gasteiger charge is 2.23. The molecule has 0 radical (unpaired) electrons. The highest BCUT2D eigenvalue weighted by molar-refractivity contribution is 5.88. The van der Waals surface area contributed by atoms with Gasteiger partial charge < -0.3 is 5.73 Å². The van der Waals surface area contributed by atoms with E-state index in [9.17, 15) is 4.79 Å². The van der Waals surface area contributed by atoms with Crippen LogP contribution in [0.3, 0.4) is 0 Å². The normalized spacial score (nSPS) is 15.9. The van der Waals surface area contributed by atoms with Crippen LogP contribution in [0.1, 0.15) is 26.7 Å². The zero-order chi connectivity index (χ0) is 8.20. The molecular formula is C8H15NO. The summed E-state index contributed by atoms with van der Waals surface area (Å²) in [5.74, 6) is 0.0602. The summed E-state index contributed by atoms with van der Waals surface area (Å²) in [5.41, 5.74) is 4.99. The van der Waals surface area contributed by atoms with E-state index in [1.807, 2.05) is 6.92 Å². The molecule has 2 nitrogen and oxygen atoms in total. The van der Waals surface area contributed by atoms with E-state index in [4.69, 9.17) is 5.73 Å². The molecule has 0 saturated carbocycles. The lowest BCUT2D eigenvalue weighted by molar-refractivity contribution is -0.122. The van der Waals surface area contributed by atoms with Gasteiger partial charge in [-0.15, -0.1) is 6.58 Å². The first-order valence-electron chi connectivity index (χ1n) is 3.47. The Hall–Kier alpha value is -0.630. The van der Waals surface area contributed by atoms with Crippen molar-refractivity contribution in [1.82, 2.24) is 0 Å². The number of ketones is 1. The van der Waals surface area contributed by atoms with Crippen molar-refractivity contribution in [3.05, 3.63) is 12.7 Å². The molecule has 0 saturated heterocycles. The Bertz CT molecular complexity index is 138. The average molecular weight is 141 g/mol. The van der Waals surface area contributed by atoms with Crippen LogP contribution in [0, 0.1) is 0 Å². The van der Waals surface area contributed by atoms with Crippen molar-refractivity contribution in [3.63, 3.8) is 0 Å². The van der Waals surface area contributed by atoms with Crippen LogP contribution >= 0.6 is 0 Å². The van der Waals surface area contributed by atoms with Crippen molar-refractivity contribution in [2.75, 3.05) is 0 Å². The molecule has 0 aliphatic rings. The lowest BCUT2D eigenvalue weighted by Gasteiger charge is -2.19. The fraction of sp³-hybridized carbons (Fsp3) is 0.625. The molecule has 1 atom stereocenters. The molecule has 0 aromatic carbocycles. The van der Waals surface area contributed by atoms with Gasteiger partial charge in [-0.1, -0.05) is 13.0 Å². The largest absolute Gasteiger partial charge is 0.319 e. The van der Waals surface area contributed by atoms with Gasteiger partial charge in [0.15, 0.2) is 5.78 Å². The molecule has 0 aliphatic heterocycles. The second-order valence-electron chi connectivity index (χ2n) is 2.69. The molecule has 0 aliphatic carbocycles. The molecular weight excluding hydrogens is 126 g/mol. The molecule has 10 heavy (non-hydrogen) atoms. The molecule has 58 valence electrons. The van der Waals surface area contributed by atoms with Gasteiger partial charge in [0.1, 0.15) is 0 Å². The number of carbonyl (C=O) groups excluding carboxylic acids is 1. The summed E-state index contributed by atoms with van der Waals surface area (Å²) in [7, 11) is 0. The van der Waals surface area contributed by atoms with E-state index in [0.29, 0.717) is 12.8 Å². The van der Waals surface area contributed by atoms with Crippen LogP contribution in [0.5, 0.6) is 0 Å². The van der Waals surface area contributed by atoms with Gasteiger partial charge in [0, 0.05) is 6.42 Å². The monoisotopic (exact) mass is 141 g/mol. The number of carbonyl (C=O) groups is 1. The topological polar surface area (TPSA) is 43.1 Å². The number of Topliss-reactive ketones (excluding diaryl/α,β-unsaturated/α-hetero) is 1. The van der Waals surface area contributed by atoms with Crippen molar-refractivity contribution in [3.8, 4) is 0 Å². The summed E-state index contributed by atoms with van der Waals surface area (Å²) >= 11 is 0. The van der Waals surface area contributed by atoms with E-state index >= 15 is 0 Å². The van der Waals surface area contributed by atoms with Crippen LogP contribution in [0.25, 0.3) is 0 Å². The lowest BCUT2D eigenvalue weighted by atomic mass is 9.93. The Morgan fingerprint density at radius 3 is 2.60 bits per heavy atom. The maximum Gasteiger partial charge on any atom is 0.156 e. The maximum atomic E-state index is 11.1. The molecule has 0 rings (SSSR count). The fourth-order valence-electron chi connectivity index (χ4n) is 0.561. The summed E-state index contributed by atoms with van der Waals surface area (Å²) in [6.45, 7) is 7.12. The Morgan fingerprint density at radius 1 is 1.80 bits per heavy atom. The van der Waals surface area contributed by atoms with Gasteiger partial charge in [-0.2, -0.15) is 0 Å². The number of allylic oxidation sites excluding steroid dienone is 1. The van der Waals surface area contributed by atoms with Gasteiger partial charge in [-0.05, 0) is 13.3 Å². The SMILES string of the molecule is C=CCC(=O)C(C)(N)CC. The molecule has 0 spiro atoms. The number of hydrogen-bond acceptors (Lipinski definition) is 2. The number of nitrogens with two attached hydrogens (primary N) is 1. The van der Waals surface area contributed by atoms with Crippen LogP contribution < -0.4 is 5.73 Å². The van der Waals surface area contributed by atoms with E-state index < -0.39 is 5.54 Å². The second kappa shape index (κ2) is 3.52. The molecule has 0 bridgehead atoms. The van der Waals surface area contributed by atoms with Gasteiger partial charge in [-0.3, -0.25) is 4.79 Å². The van der Waals surface area contributed by atoms with Gasteiger partial charge in [0.05, 0.1) is 5.54 Å². The zero-order valence-electron chi connectivity index (χ0n) is 6.68. The Morgan fingerprint density at radius 2 is 2.30 bits per heavy atom. The minimum absolute atomic E-state index is 0.0602. The van der Waals surface area contributed by atoms with E-state index in [1.54, 1.807) is 13.0 Å². The number of rotatable bonds is 4. The molecule has 2 heteroatoms. The van der Waals surface area contributed by atoms with Crippen LogP contribution in [0.15, 0.2) is 12.7 Å². The maximum absolute atomic E-state index is 11.1. The van der Waals surface area contributed by atoms with E-state index in [2.05, 4.69) is 6.58 Å². The second-order valence-corrected chi connectivity index (χ2v) is 2.69. The van der Waals surface area contributed by atoms with Crippen molar-refractivity contribution >= 4 is 5.78 Å². The third-order valence-corrected chi connectivity index (χ3v) is 1.70. The molecule has 0 fully saturated rings.